The SMILES string of the molecule is Cn1c(Oc2ccccc2N)nc2ccccc21. The first-order valence-electron chi connectivity index (χ1n) is 5.69. The van der Waals surface area contributed by atoms with Gasteiger partial charge in [-0.2, -0.15) is 4.98 Å². The molecule has 2 N–H and O–H groups in total. The highest BCUT2D eigenvalue weighted by Crippen LogP contribution is 2.28. The van der Waals surface area contributed by atoms with E-state index in [-0.39, 0.29) is 0 Å². The molecule has 2 aromatic carbocycles. The summed E-state index contributed by atoms with van der Waals surface area (Å²) in [6, 6.07) is 15.8. The lowest BCUT2D eigenvalue weighted by atomic mass is 10.3. The summed E-state index contributed by atoms with van der Waals surface area (Å²) in [4.78, 5) is 4.43. The van der Waals surface area contributed by atoms with Crippen molar-refractivity contribution in [1.29, 1.82) is 0 Å². The average Bonchev–Trinajstić information content (AvgIpc) is 2.70. The largest absolute Gasteiger partial charge is 0.423 e. The third-order valence-electron chi connectivity index (χ3n) is 2.87. The van der Waals surface area contributed by atoms with Gasteiger partial charge in [-0.15, -0.1) is 0 Å². The van der Waals surface area contributed by atoms with Crippen molar-refractivity contribution in [3.8, 4) is 11.8 Å². The molecule has 90 valence electrons. The summed E-state index contributed by atoms with van der Waals surface area (Å²) in [5, 5.41) is 0. The van der Waals surface area contributed by atoms with E-state index >= 15 is 0 Å². The Labute approximate surface area is 105 Å². The van der Waals surface area contributed by atoms with Gasteiger partial charge < -0.3 is 10.5 Å². The molecule has 4 nitrogen and oxygen atoms in total. The second-order valence-electron chi connectivity index (χ2n) is 4.08. The number of aromatic nitrogens is 2. The molecule has 0 spiro atoms. The van der Waals surface area contributed by atoms with Crippen LogP contribution in [0.4, 0.5) is 5.69 Å². The number of nitrogens with two attached hydrogens (primary N) is 1. The summed E-state index contributed by atoms with van der Waals surface area (Å²) in [5.74, 6) is 0.621. The molecule has 0 aliphatic carbocycles. The molecule has 1 heterocycles. The quantitative estimate of drug-likeness (QED) is 0.699. The van der Waals surface area contributed by atoms with Crippen molar-refractivity contribution in [3.05, 3.63) is 48.5 Å². The van der Waals surface area contributed by atoms with Gasteiger partial charge in [0.25, 0.3) is 0 Å². The smallest absolute Gasteiger partial charge is 0.302 e. The fraction of sp³-hybridized carbons (Fsp3) is 0.0714. The molecule has 0 bridgehead atoms. The molecule has 0 saturated heterocycles. The molecule has 0 aliphatic heterocycles. The third-order valence-corrected chi connectivity index (χ3v) is 2.87. The van der Waals surface area contributed by atoms with Crippen molar-refractivity contribution in [2.45, 2.75) is 0 Å². The molecule has 0 atom stereocenters. The zero-order chi connectivity index (χ0) is 12.5. The average molecular weight is 239 g/mol. The summed E-state index contributed by atoms with van der Waals surface area (Å²) in [6.45, 7) is 0. The van der Waals surface area contributed by atoms with E-state index in [1.54, 1.807) is 6.07 Å². The van der Waals surface area contributed by atoms with Gasteiger partial charge in [0, 0.05) is 7.05 Å². The first-order chi connectivity index (χ1) is 8.75. The summed E-state index contributed by atoms with van der Waals surface area (Å²) in [7, 11) is 1.92. The van der Waals surface area contributed by atoms with Crippen molar-refractivity contribution in [2.24, 2.45) is 7.05 Å². The van der Waals surface area contributed by atoms with Crippen LogP contribution in [0.15, 0.2) is 48.5 Å². The molecule has 3 aromatic rings. The predicted octanol–water partition coefficient (Wildman–Crippen LogP) is 2.95. The maximum Gasteiger partial charge on any atom is 0.302 e. The highest BCUT2D eigenvalue weighted by Gasteiger charge is 2.10. The number of aryl methyl sites for hydroxylation is 1. The number of benzene rings is 2. The van der Waals surface area contributed by atoms with Gasteiger partial charge in [-0.25, -0.2) is 0 Å². The fourth-order valence-electron chi connectivity index (χ4n) is 1.89. The zero-order valence-corrected chi connectivity index (χ0v) is 10.00. The van der Waals surface area contributed by atoms with E-state index in [0.29, 0.717) is 17.4 Å². The van der Waals surface area contributed by atoms with E-state index in [1.807, 2.05) is 54.1 Å². The summed E-state index contributed by atoms with van der Waals surface area (Å²) in [5.41, 5.74) is 8.39. The number of rotatable bonds is 2. The predicted molar refractivity (Wildman–Crippen MR) is 71.6 cm³/mol. The highest BCUT2D eigenvalue weighted by atomic mass is 16.5. The number of nitrogen functional groups attached to an aromatic ring is 1. The van der Waals surface area contributed by atoms with E-state index in [4.69, 9.17) is 10.5 Å². The van der Waals surface area contributed by atoms with Gasteiger partial charge in [0.15, 0.2) is 5.75 Å². The lowest BCUT2D eigenvalue weighted by molar-refractivity contribution is 0.430. The number of imidazole rings is 1. The van der Waals surface area contributed by atoms with E-state index in [2.05, 4.69) is 4.98 Å². The van der Waals surface area contributed by atoms with Crippen LogP contribution in [0.2, 0.25) is 0 Å². The van der Waals surface area contributed by atoms with Crippen LogP contribution in [-0.2, 0) is 7.05 Å². The van der Waals surface area contributed by atoms with Crippen LogP contribution in [0, 0.1) is 0 Å². The molecule has 0 unspecified atom stereocenters. The van der Waals surface area contributed by atoms with Gasteiger partial charge >= 0.3 is 6.01 Å². The fourth-order valence-corrected chi connectivity index (χ4v) is 1.89. The molecule has 0 aliphatic rings. The molecule has 0 amide bonds. The van der Waals surface area contributed by atoms with Crippen molar-refractivity contribution in [2.75, 3.05) is 5.73 Å². The molecule has 18 heavy (non-hydrogen) atoms. The van der Waals surface area contributed by atoms with Crippen molar-refractivity contribution < 1.29 is 4.74 Å². The highest BCUT2D eigenvalue weighted by molar-refractivity contribution is 5.76. The minimum absolute atomic E-state index is 0.536. The molecular weight excluding hydrogens is 226 g/mol. The summed E-state index contributed by atoms with van der Waals surface area (Å²) < 4.78 is 7.66. The van der Waals surface area contributed by atoms with Gasteiger partial charge in [-0.05, 0) is 24.3 Å². The van der Waals surface area contributed by atoms with Gasteiger partial charge in [0.1, 0.15) is 0 Å². The van der Waals surface area contributed by atoms with Crippen LogP contribution in [0.3, 0.4) is 0 Å². The van der Waals surface area contributed by atoms with E-state index in [1.165, 1.54) is 0 Å². The summed E-state index contributed by atoms with van der Waals surface area (Å²) in [6.07, 6.45) is 0. The number of ether oxygens (including phenoxy) is 1. The standard InChI is InChI=1S/C14H13N3O/c1-17-12-8-4-3-7-11(12)16-14(17)18-13-9-5-2-6-10(13)15/h2-9H,15H2,1H3. The third kappa shape index (κ3) is 1.68. The maximum absolute atomic E-state index is 5.85. The minimum atomic E-state index is 0.536. The van der Waals surface area contributed by atoms with Crippen LogP contribution in [0.5, 0.6) is 11.8 Å². The molecule has 0 radical (unpaired) electrons. The monoisotopic (exact) mass is 239 g/mol. The van der Waals surface area contributed by atoms with E-state index in [0.717, 1.165) is 11.0 Å². The lowest BCUT2D eigenvalue weighted by Gasteiger charge is -2.07. The number of hydrogen-bond donors (Lipinski definition) is 1. The Morgan fingerprint density at radius 3 is 2.56 bits per heavy atom. The number of hydrogen-bond acceptors (Lipinski definition) is 3. The summed E-state index contributed by atoms with van der Waals surface area (Å²) >= 11 is 0. The Morgan fingerprint density at radius 2 is 1.78 bits per heavy atom. The normalized spacial score (nSPS) is 10.7. The lowest BCUT2D eigenvalue weighted by Crippen LogP contribution is -1.97. The second kappa shape index (κ2) is 4.07. The molecule has 4 heteroatoms. The van der Waals surface area contributed by atoms with Gasteiger partial charge in [0.05, 0.1) is 16.7 Å². The van der Waals surface area contributed by atoms with E-state index in [9.17, 15) is 0 Å². The van der Waals surface area contributed by atoms with Gasteiger partial charge in [-0.1, -0.05) is 24.3 Å². The van der Waals surface area contributed by atoms with Crippen LogP contribution in [0.1, 0.15) is 0 Å². The Kier molecular flexibility index (Phi) is 2.41. The van der Waals surface area contributed by atoms with Gasteiger partial charge in [0.2, 0.25) is 0 Å². The number of nitrogens with zero attached hydrogens (tertiary/aromatic N) is 2. The first kappa shape index (κ1) is 10.7. The Balaban J connectivity index is 2.06. The van der Waals surface area contributed by atoms with E-state index < -0.39 is 0 Å². The Bertz CT molecular complexity index is 703. The number of fused-ring (bicyclic) bond motifs is 1. The Hall–Kier alpha value is -2.49. The number of anilines is 1. The van der Waals surface area contributed by atoms with Crippen LogP contribution < -0.4 is 10.5 Å². The number of para-hydroxylation sites is 4. The molecule has 3 rings (SSSR count). The molecular formula is C14H13N3O. The topological polar surface area (TPSA) is 53.1 Å². The zero-order valence-electron chi connectivity index (χ0n) is 10.00. The van der Waals surface area contributed by atoms with Crippen LogP contribution in [-0.4, -0.2) is 9.55 Å². The van der Waals surface area contributed by atoms with Crippen molar-refractivity contribution >= 4 is 16.7 Å². The van der Waals surface area contributed by atoms with Crippen LogP contribution in [0.25, 0.3) is 11.0 Å². The molecule has 1 aromatic heterocycles. The van der Waals surface area contributed by atoms with Gasteiger partial charge in [-0.3, -0.25) is 4.57 Å². The maximum atomic E-state index is 5.85. The molecule has 0 saturated carbocycles. The van der Waals surface area contributed by atoms with Crippen molar-refractivity contribution in [1.82, 2.24) is 9.55 Å². The minimum Gasteiger partial charge on any atom is -0.423 e. The first-order valence-corrected chi connectivity index (χ1v) is 5.69. The Morgan fingerprint density at radius 1 is 1.06 bits per heavy atom. The second-order valence-corrected chi connectivity index (χ2v) is 4.08. The van der Waals surface area contributed by atoms with Crippen molar-refractivity contribution in [3.63, 3.8) is 0 Å². The molecule has 0 fully saturated rings. The van der Waals surface area contributed by atoms with Crippen LogP contribution >= 0.6 is 0 Å².